The number of hydrogen-bond acceptors (Lipinski definition) is 4. The summed E-state index contributed by atoms with van der Waals surface area (Å²) >= 11 is 0. The van der Waals surface area contributed by atoms with E-state index in [0.29, 0.717) is 19.6 Å². The Morgan fingerprint density at radius 3 is 2.59 bits per heavy atom. The summed E-state index contributed by atoms with van der Waals surface area (Å²) < 4.78 is 13.5. The zero-order valence-corrected chi connectivity index (χ0v) is 15.9. The largest absolute Gasteiger partial charge is 0.468 e. The molecule has 0 unspecified atom stereocenters. The number of aromatic nitrogens is 2. The SMILES string of the molecule is c1ccc(Cn2cc(CNCc3ccco3)c(-c3cc4ccccc4o3)n2)cc1. The molecule has 0 aliphatic carbocycles. The molecule has 3 aromatic heterocycles. The van der Waals surface area contributed by atoms with Gasteiger partial charge in [-0.3, -0.25) is 4.68 Å². The molecular formula is C24H21N3O2. The standard InChI is InChI=1S/C24H21N3O2/c1-2-7-18(8-3-1)16-27-17-20(14-25-15-21-10-6-12-28-21)24(26-27)23-13-19-9-4-5-11-22(19)29-23/h1-13,17,25H,14-16H2. The third-order valence-corrected chi connectivity index (χ3v) is 4.88. The Hall–Kier alpha value is -3.57. The van der Waals surface area contributed by atoms with Crippen molar-refractivity contribution in [3.63, 3.8) is 0 Å². The summed E-state index contributed by atoms with van der Waals surface area (Å²) in [5.74, 6) is 1.69. The fraction of sp³-hybridized carbons (Fsp3) is 0.125. The number of rotatable bonds is 7. The second kappa shape index (κ2) is 7.81. The highest BCUT2D eigenvalue weighted by Gasteiger charge is 2.16. The zero-order valence-electron chi connectivity index (χ0n) is 15.9. The number of benzene rings is 2. The van der Waals surface area contributed by atoms with Crippen LogP contribution in [0.4, 0.5) is 0 Å². The highest BCUT2D eigenvalue weighted by molar-refractivity contribution is 5.82. The molecule has 29 heavy (non-hydrogen) atoms. The van der Waals surface area contributed by atoms with Gasteiger partial charge in [0.15, 0.2) is 5.76 Å². The van der Waals surface area contributed by atoms with Crippen LogP contribution in [0.25, 0.3) is 22.4 Å². The molecule has 0 saturated carbocycles. The molecule has 0 amide bonds. The monoisotopic (exact) mass is 383 g/mol. The minimum Gasteiger partial charge on any atom is -0.468 e. The summed E-state index contributed by atoms with van der Waals surface area (Å²) in [5.41, 5.74) is 4.03. The third-order valence-electron chi connectivity index (χ3n) is 4.88. The molecule has 0 fully saturated rings. The lowest BCUT2D eigenvalue weighted by atomic mass is 10.2. The Morgan fingerprint density at radius 1 is 0.897 bits per heavy atom. The van der Waals surface area contributed by atoms with Crippen LogP contribution in [0.2, 0.25) is 0 Å². The van der Waals surface area contributed by atoms with Gasteiger partial charge in [-0.05, 0) is 29.8 Å². The van der Waals surface area contributed by atoms with Crippen molar-refractivity contribution in [2.24, 2.45) is 0 Å². The topological polar surface area (TPSA) is 56.1 Å². The van der Waals surface area contributed by atoms with E-state index < -0.39 is 0 Å². The van der Waals surface area contributed by atoms with E-state index in [9.17, 15) is 0 Å². The molecular weight excluding hydrogens is 362 g/mol. The number of para-hydroxylation sites is 1. The second-order valence-electron chi connectivity index (χ2n) is 7.02. The predicted octanol–water partition coefficient (Wildman–Crippen LogP) is 5.23. The third kappa shape index (κ3) is 3.86. The van der Waals surface area contributed by atoms with Crippen LogP contribution >= 0.6 is 0 Å². The van der Waals surface area contributed by atoms with Crippen LogP contribution in [-0.4, -0.2) is 9.78 Å². The molecule has 144 valence electrons. The summed E-state index contributed by atoms with van der Waals surface area (Å²) in [6, 6.07) is 24.3. The predicted molar refractivity (Wildman–Crippen MR) is 112 cm³/mol. The van der Waals surface area contributed by atoms with Gasteiger partial charge in [0, 0.05) is 23.7 Å². The molecule has 2 aromatic carbocycles. The number of hydrogen-bond donors (Lipinski definition) is 1. The van der Waals surface area contributed by atoms with Crippen LogP contribution in [0.1, 0.15) is 16.9 Å². The molecule has 5 aromatic rings. The van der Waals surface area contributed by atoms with E-state index in [1.54, 1.807) is 6.26 Å². The van der Waals surface area contributed by atoms with Gasteiger partial charge in [-0.1, -0.05) is 48.5 Å². The Kier molecular flexibility index (Phi) is 4.72. The van der Waals surface area contributed by atoms with Gasteiger partial charge in [0.25, 0.3) is 0 Å². The van der Waals surface area contributed by atoms with Gasteiger partial charge >= 0.3 is 0 Å². The van der Waals surface area contributed by atoms with E-state index in [2.05, 4.69) is 35.8 Å². The van der Waals surface area contributed by atoms with Crippen molar-refractivity contribution in [3.8, 4) is 11.5 Å². The van der Waals surface area contributed by atoms with E-state index in [0.717, 1.165) is 33.7 Å². The first kappa shape index (κ1) is 17.5. The van der Waals surface area contributed by atoms with Crippen molar-refractivity contribution >= 4 is 11.0 Å². The molecule has 5 rings (SSSR count). The smallest absolute Gasteiger partial charge is 0.156 e. The van der Waals surface area contributed by atoms with Crippen LogP contribution in [0.15, 0.2) is 94.1 Å². The maximum absolute atomic E-state index is 6.09. The molecule has 0 bridgehead atoms. The van der Waals surface area contributed by atoms with Crippen LogP contribution < -0.4 is 5.32 Å². The van der Waals surface area contributed by atoms with E-state index in [4.69, 9.17) is 13.9 Å². The molecule has 5 heteroatoms. The van der Waals surface area contributed by atoms with Crippen molar-refractivity contribution in [1.29, 1.82) is 0 Å². The highest BCUT2D eigenvalue weighted by atomic mass is 16.3. The molecule has 0 atom stereocenters. The highest BCUT2D eigenvalue weighted by Crippen LogP contribution is 2.29. The second-order valence-corrected chi connectivity index (χ2v) is 7.02. The number of fused-ring (bicyclic) bond motifs is 1. The zero-order chi connectivity index (χ0) is 19.5. The normalized spacial score (nSPS) is 11.3. The summed E-state index contributed by atoms with van der Waals surface area (Å²) in [6.45, 7) is 2.05. The van der Waals surface area contributed by atoms with Crippen molar-refractivity contribution in [1.82, 2.24) is 15.1 Å². The van der Waals surface area contributed by atoms with E-state index in [1.807, 2.05) is 53.2 Å². The van der Waals surface area contributed by atoms with E-state index in [-0.39, 0.29) is 0 Å². The number of furan rings is 2. The molecule has 1 N–H and O–H groups in total. The van der Waals surface area contributed by atoms with Gasteiger partial charge in [-0.2, -0.15) is 5.10 Å². The van der Waals surface area contributed by atoms with E-state index >= 15 is 0 Å². The molecule has 0 aliphatic rings. The minimum absolute atomic E-state index is 0.663. The summed E-state index contributed by atoms with van der Waals surface area (Å²) in [7, 11) is 0. The average Bonchev–Trinajstić information content (AvgIpc) is 3.48. The first-order valence-electron chi connectivity index (χ1n) is 9.67. The molecule has 0 aliphatic heterocycles. The van der Waals surface area contributed by atoms with Gasteiger partial charge in [0.05, 0.1) is 19.4 Å². The Labute approximate surface area is 168 Å². The van der Waals surface area contributed by atoms with Crippen molar-refractivity contribution in [2.45, 2.75) is 19.6 Å². The van der Waals surface area contributed by atoms with Gasteiger partial charge in [0.2, 0.25) is 0 Å². The molecule has 0 saturated heterocycles. The Balaban J connectivity index is 1.45. The van der Waals surface area contributed by atoms with Crippen LogP contribution in [0.3, 0.4) is 0 Å². The molecule has 0 spiro atoms. The summed E-state index contributed by atoms with van der Waals surface area (Å²) in [5, 5.41) is 9.36. The maximum Gasteiger partial charge on any atom is 0.156 e. The van der Waals surface area contributed by atoms with Crippen LogP contribution in [-0.2, 0) is 19.6 Å². The lowest BCUT2D eigenvalue weighted by molar-refractivity contribution is 0.483. The lowest BCUT2D eigenvalue weighted by Gasteiger charge is -2.02. The minimum atomic E-state index is 0.663. The van der Waals surface area contributed by atoms with Crippen molar-refractivity contribution < 1.29 is 8.83 Å². The molecule has 5 nitrogen and oxygen atoms in total. The van der Waals surface area contributed by atoms with Gasteiger partial charge in [-0.15, -0.1) is 0 Å². The van der Waals surface area contributed by atoms with Gasteiger partial charge in [-0.25, -0.2) is 0 Å². The maximum atomic E-state index is 6.09. The molecule has 3 heterocycles. The number of nitrogens with zero attached hydrogens (tertiary/aromatic N) is 2. The first-order chi connectivity index (χ1) is 14.3. The van der Waals surface area contributed by atoms with Crippen LogP contribution in [0, 0.1) is 0 Å². The Bertz CT molecular complexity index is 1170. The fourth-order valence-electron chi connectivity index (χ4n) is 3.48. The molecule has 0 radical (unpaired) electrons. The summed E-state index contributed by atoms with van der Waals surface area (Å²) in [4.78, 5) is 0. The number of nitrogens with one attached hydrogen (secondary N) is 1. The van der Waals surface area contributed by atoms with Crippen molar-refractivity contribution in [3.05, 3.63) is 102 Å². The lowest BCUT2D eigenvalue weighted by Crippen LogP contribution is -2.12. The quantitative estimate of drug-likeness (QED) is 0.418. The Morgan fingerprint density at radius 2 is 1.76 bits per heavy atom. The van der Waals surface area contributed by atoms with E-state index in [1.165, 1.54) is 5.56 Å². The van der Waals surface area contributed by atoms with Gasteiger partial charge in [0.1, 0.15) is 17.0 Å². The van der Waals surface area contributed by atoms with Gasteiger partial charge < -0.3 is 14.2 Å². The van der Waals surface area contributed by atoms with Crippen LogP contribution in [0.5, 0.6) is 0 Å². The fourth-order valence-corrected chi connectivity index (χ4v) is 3.48. The summed E-state index contributed by atoms with van der Waals surface area (Å²) in [6.07, 6.45) is 3.78. The average molecular weight is 383 g/mol. The first-order valence-corrected chi connectivity index (χ1v) is 9.67. The van der Waals surface area contributed by atoms with Crippen molar-refractivity contribution in [2.75, 3.05) is 0 Å².